The fraction of sp³-hybridized carbons (Fsp3) is 0.222. The molecule has 92 valence electrons. The highest BCUT2D eigenvalue weighted by atomic mass is 16.5. The number of amides is 1. The predicted octanol–water partition coefficient (Wildman–Crippen LogP) is -0.131. The molecular formula is C9H12N4O4. The largest absolute Gasteiger partial charge is 0.478 e. The average molecular weight is 240 g/mol. The second kappa shape index (κ2) is 5.54. The Labute approximate surface area is 96.6 Å². The lowest BCUT2D eigenvalue weighted by Gasteiger charge is -2.08. The number of pyridine rings is 1. The Hall–Kier alpha value is -2.51. The molecule has 0 radical (unpaired) electrons. The summed E-state index contributed by atoms with van der Waals surface area (Å²) in [7, 11) is 0. The monoisotopic (exact) mass is 240 g/mol. The molecule has 17 heavy (non-hydrogen) atoms. The van der Waals surface area contributed by atoms with Crippen molar-refractivity contribution in [1.29, 1.82) is 0 Å². The van der Waals surface area contributed by atoms with Gasteiger partial charge >= 0.3 is 12.1 Å². The second-order valence-corrected chi connectivity index (χ2v) is 3.06. The van der Waals surface area contributed by atoms with Gasteiger partial charge in [0.2, 0.25) is 0 Å². The topological polar surface area (TPSA) is 141 Å². The van der Waals surface area contributed by atoms with Gasteiger partial charge in [0, 0.05) is 0 Å². The summed E-state index contributed by atoms with van der Waals surface area (Å²) in [6.07, 6.45) is 0.430. The van der Waals surface area contributed by atoms with E-state index in [1.807, 2.05) is 0 Å². The van der Waals surface area contributed by atoms with E-state index in [1.54, 1.807) is 0 Å². The number of nitrogens with two attached hydrogens (primary N) is 2. The van der Waals surface area contributed by atoms with Gasteiger partial charge in [0.25, 0.3) is 0 Å². The number of nitrogens with zero attached hydrogens (tertiary/aromatic N) is 1. The maximum absolute atomic E-state index is 10.9. The van der Waals surface area contributed by atoms with Gasteiger partial charge in [0.15, 0.2) is 0 Å². The Bertz CT molecular complexity index is 435. The molecule has 8 nitrogen and oxygen atoms in total. The van der Waals surface area contributed by atoms with E-state index in [0.717, 1.165) is 0 Å². The lowest BCUT2D eigenvalue weighted by atomic mass is 10.2. The summed E-state index contributed by atoms with van der Waals surface area (Å²) in [5.74, 6) is -0.997. The third-order valence-corrected chi connectivity index (χ3v) is 1.78. The van der Waals surface area contributed by atoms with E-state index >= 15 is 0 Å². The van der Waals surface area contributed by atoms with E-state index in [9.17, 15) is 9.59 Å². The van der Waals surface area contributed by atoms with Crippen molar-refractivity contribution in [2.75, 3.05) is 24.2 Å². The van der Waals surface area contributed by atoms with Crippen molar-refractivity contribution in [2.45, 2.75) is 0 Å². The summed E-state index contributed by atoms with van der Waals surface area (Å²) in [6.45, 7) is 0.209. The minimum absolute atomic E-state index is 0.0143. The van der Waals surface area contributed by atoms with Gasteiger partial charge in [-0.2, -0.15) is 0 Å². The molecule has 0 atom stereocenters. The highest BCUT2D eigenvalue weighted by molar-refractivity contribution is 5.94. The number of nitrogens with one attached hydrogen (secondary N) is 1. The number of anilines is 2. The van der Waals surface area contributed by atoms with Gasteiger partial charge in [-0.15, -0.1) is 0 Å². The van der Waals surface area contributed by atoms with Crippen molar-refractivity contribution < 1.29 is 19.4 Å². The number of carboxylic acid groups (broad SMARTS) is 1. The molecule has 0 aliphatic rings. The van der Waals surface area contributed by atoms with Crippen LogP contribution in [0.5, 0.6) is 0 Å². The molecule has 1 aromatic heterocycles. The average Bonchev–Trinajstić information content (AvgIpc) is 2.25. The van der Waals surface area contributed by atoms with Crippen molar-refractivity contribution in [2.24, 2.45) is 5.73 Å². The molecule has 0 fully saturated rings. The number of primary amides is 1. The molecule has 0 unspecified atom stereocenters. The first-order chi connectivity index (χ1) is 8.00. The number of carbonyl (C=O) groups excluding carboxylic acids is 1. The molecular weight excluding hydrogens is 228 g/mol. The minimum atomic E-state index is -1.15. The van der Waals surface area contributed by atoms with Crippen molar-refractivity contribution in [1.82, 2.24) is 4.98 Å². The van der Waals surface area contributed by atoms with Crippen LogP contribution in [0.2, 0.25) is 0 Å². The molecule has 0 aliphatic carbocycles. The number of carbonyl (C=O) groups is 2. The Balaban J connectivity index is 2.64. The highest BCUT2D eigenvalue weighted by Gasteiger charge is 2.11. The van der Waals surface area contributed by atoms with Crippen LogP contribution in [0.3, 0.4) is 0 Å². The van der Waals surface area contributed by atoms with Crippen LogP contribution in [0.25, 0.3) is 0 Å². The van der Waals surface area contributed by atoms with Crippen molar-refractivity contribution in [3.8, 4) is 0 Å². The fourth-order valence-corrected chi connectivity index (χ4v) is 1.11. The van der Waals surface area contributed by atoms with Crippen LogP contribution < -0.4 is 16.8 Å². The number of hydrogen-bond donors (Lipinski definition) is 4. The first kappa shape index (κ1) is 12.6. The van der Waals surface area contributed by atoms with E-state index in [-0.39, 0.29) is 30.2 Å². The molecule has 1 amide bonds. The van der Waals surface area contributed by atoms with Gasteiger partial charge in [-0.3, -0.25) is 0 Å². The summed E-state index contributed by atoms with van der Waals surface area (Å²) in [5, 5.41) is 11.6. The number of nitrogen functional groups attached to an aromatic ring is 1. The normalized spacial score (nSPS) is 9.65. The van der Waals surface area contributed by atoms with E-state index in [0.29, 0.717) is 0 Å². The summed E-state index contributed by atoms with van der Waals surface area (Å²) < 4.78 is 4.46. The van der Waals surface area contributed by atoms with Crippen LogP contribution in [0.15, 0.2) is 12.3 Å². The lowest BCUT2D eigenvalue weighted by molar-refractivity contribution is 0.0697. The first-order valence-corrected chi connectivity index (χ1v) is 4.65. The Morgan fingerprint density at radius 2 is 2.24 bits per heavy atom. The Morgan fingerprint density at radius 3 is 2.82 bits per heavy atom. The Kier molecular flexibility index (Phi) is 4.09. The van der Waals surface area contributed by atoms with E-state index in [2.05, 4.69) is 15.0 Å². The van der Waals surface area contributed by atoms with E-state index in [1.165, 1.54) is 12.3 Å². The maximum Gasteiger partial charge on any atom is 0.404 e. The van der Waals surface area contributed by atoms with Gasteiger partial charge in [-0.1, -0.05) is 0 Å². The van der Waals surface area contributed by atoms with Gasteiger partial charge in [-0.25, -0.2) is 14.6 Å². The van der Waals surface area contributed by atoms with Gasteiger partial charge in [-0.05, 0) is 6.07 Å². The summed E-state index contributed by atoms with van der Waals surface area (Å²) in [6, 6.07) is 1.28. The van der Waals surface area contributed by atoms with E-state index < -0.39 is 12.1 Å². The predicted molar refractivity (Wildman–Crippen MR) is 59.6 cm³/mol. The first-order valence-electron chi connectivity index (χ1n) is 4.65. The van der Waals surface area contributed by atoms with Gasteiger partial charge < -0.3 is 26.6 Å². The van der Waals surface area contributed by atoms with Gasteiger partial charge in [0.1, 0.15) is 18.0 Å². The zero-order valence-electron chi connectivity index (χ0n) is 8.84. The van der Waals surface area contributed by atoms with E-state index in [4.69, 9.17) is 16.6 Å². The van der Waals surface area contributed by atoms with Crippen molar-refractivity contribution in [3.63, 3.8) is 0 Å². The Morgan fingerprint density at radius 1 is 1.53 bits per heavy atom. The highest BCUT2D eigenvalue weighted by Crippen LogP contribution is 2.14. The molecule has 0 saturated carbocycles. The van der Waals surface area contributed by atoms with Crippen LogP contribution in [-0.4, -0.2) is 35.3 Å². The van der Waals surface area contributed by atoms with Crippen LogP contribution >= 0.6 is 0 Å². The molecule has 0 spiro atoms. The number of aromatic nitrogens is 1. The molecule has 1 heterocycles. The number of carboxylic acids is 1. The molecule has 1 aromatic rings. The summed E-state index contributed by atoms with van der Waals surface area (Å²) in [4.78, 5) is 25.0. The number of rotatable bonds is 5. The lowest BCUT2D eigenvalue weighted by Crippen LogP contribution is -2.19. The smallest absolute Gasteiger partial charge is 0.404 e. The quantitative estimate of drug-likeness (QED) is 0.525. The maximum atomic E-state index is 10.9. The fourth-order valence-electron chi connectivity index (χ4n) is 1.11. The van der Waals surface area contributed by atoms with Crippen molar-refractivity contribution in [3.05, 3.63) is 17.8 Å². The molecule has 8 heteroatoms. The molecule has 0 aromatic carbocycles. The molecule has 0 saturated heterocycles. The van der Waals surface area contributed by atoms with Crippen LogP contribution in [-0.2, 0) is 4.74 Å². The second-order valence-electron chi connectivity index (χ2n) is 3.06. The molecule has 0 bridgehead atoms. The third kappa shape index (κ3) is 3.86. The standard InChI is InChI=1S/C9H12N4O4/c10-5-3-6(8(14)15)7(13-4-5)12-1-2-17-9(11)16/h3-4H,1-2,10H2,(H2,11,16)(H,12,13)(H,14,15). The third-order valence-electron chi connectivity index (χ3n) is 1.78. The SMILES string of the molecule is NC(=O)OCCNc1ncc(N)cc1C(=O)O. The summed E-state index contributed by atoms with van der Waals surface area (Å²) >= 11 is 0. The summed E-state index contributed by atoms with van der Waals surface area (Å²) in [5.41, 5.74) is 10.4. The number of aromatic carboxylic acids is 1. The van der Waals surface area contributed by atoms with Crippen LogP contribution in [0.4, 0.5) is 16.3 Å². The minimum Gasteiger partial charge on any atom is -0.478 e. The molecule has 6 N–H and O–H groups in total. The zero-order chi connectivity index (χ0) is 12.8. The molecule has 0 aliphatic heterocycles. The van der Waals surface area contributed by atoms with Gasteiger partial charge in [0.05, 0.1) is 18.4 Å². The molecule has 1 rings (SSSR count). The van der Waals surface area contributed by atoms with Crippen LogP contribution in [0, 0.1) is 0 Å². The van der Waals surface area contributed by atoms with Crippen molar-refractivity contribution >= 4 is 23.6 Å². The van der Waals surface area contributed by atoms with Crippen LogP contribution in [0.1, 0.15) is 10.4 Å². The zero-order valence-corrected chi connectivity index (χ0v) is 8.84. The number of hydrogen-bond acceptors (Lipinski definition) is 6. The number of ether oxygens (including phenoxy) is 1.